The van der Waals surface area contributed by atoms with Gasteiger partial charge in [-0.15, -0.1) is 0 Å². The number of hydrogen-bond donors (Lipinski definition) is 1. The van der Waals surface area contributed by atoms with Gasteiger partial charge in [-0.3, -0.25) is 13.9 Å². The minimum Gasteiger partial charge on any atom is -0.360 e. The molecule has 1 aromatic heterocycles. The van der Waals surface area contributed by atoms with Crippen molar-refractivity contribution in [3.63, 3.8) is 0 Å². The third kappa shape index (κ3) is 4.27. The molecule has 32 heavy (non-hydrogen) atoms. The number of carbonyl (C=O) groups is 1. The van der Waals surface area contributed by atoms with Crippen molar-refractivity contribution in [3.05, 3.63) is 70.0 Å². The standard InChI is InChI=1S/C24H29N3O4S/c1-6-27(7-2)24(29)21-15-25-22-13-12-19(14-20(22)23(21)28)32(30,31)26(5)18-10-8-17(9-11-18)16(3)4/h8-16H,6-7H2,1-5H3,(H,25,28). The fraction of sp³-hybridized carbons (Fsp3) is 0.333. The zero-order valence-electron chi connectivity index (χ0n) is 19.0. The Morgan fingerprint density at radius 1 is 1.03 bits per heavy atom. The number of H-pyrrole nitrogens is 1. The fourth-order valence-corrected chi connectivity index (χ4v) is 4.79. The van der Waals surface area contributed by atoms with Crippen LogP contribution in [-0.2, 0) is 10.0 Å². The van der Waals surface area contributed by atoms with Crippen LogP contribution in [-0.4, -0.2) is 44.3 Å². The molecule has 0 bridgehead atoms. The van der Waals surface area contributed by atoms with Gasteiger partial charge in [0.1, 0.15) is 5.56 Å². The lowest BCUT2D eigenvalue weighted by Gasteiger charge is -2.21. The van der Waals surface area contributed by atoms with Crippen LogP contribution in [0.15, 0.2) is 58.4 Å². The smallest absolute Gasteiger partial charge is 0.264 e. The van der Waals surface area contributed by atoms with E-state index in [9.17, 15) is 18.0 Å². The molecule has 170 valence electrons. The SMILES string of the molecule is CCN(CC)C(=O)c1c[nH]c2ccc(S(=O)(=O)N(C)c3ccc(C(C)C)cc3)cc2c1=O. The number of sulfonamides is 1. The maximum absolute atomic E-state index is 13.3. The molecule has 0 fully saturated rings. The largest absolute Gasteiger partial charge is 0.360 e. The summed E-state index contributed by atoms with van der Waals surface area (Å²) in [5, 5.41) is 0.160. The average molecular weight is 456 g/mol. The van der Waals surface area contributed by atoms with Crippen molar-refractivity contribution in [1.29, 1.82) is 0 Å². The molecule has 0 saturated heterocycles. The van der Waals surface area contributed by atoms with E-state index in [1.165, 1.54) is 29.7 Å². The normalized spacial score (nSPS) is 11.7. The number of amides is 1. The molecule has 8 heteroatoms. The molecule has 0 spiro atoms. The quantitative estimate of drug-likeness (QED) is 0.584. The van der Waals surface area contributed by atoms with Crippen LogP contribution < -0.4 is 9.73 Å². The number of carbonyl (C=O) groups excluding carboxylic acids is 1. The lowest BCUT2D eigenvalue weighted by Crippen LogP contribution is -2.34. The number of aromatic amines is 1. The minimum atomic E-state index is -3.91. The maximum Gasteiger partial charge on any atom is 0.264 e. The molecule has 0 radical (unpaired) electrons. The number of nitrogens with one attached hydrogen (secondary N) is 1. The van der Waals surface area contributed by atoms with E-state index >= 15 is 0 Å². The highest BCUT2D eigenvalue weighted by atomic mass is 32.2. The summed E-state index contributed by atoms with van der Waals surface area (Å²) in [5.41, 5.74) is 1.61. The van der Waals surface area contributed by atoms with Crippen molar-refractivity contribution < 1.29 is 13.2 Å². The number of fused-ring (bicyclic) bond motifs is 1. The first-order chi connectivity index (χ1) is 15.1. The summed E-state index contributed by atoms with van der Waals surface area (Å²) < 4.78 is 27.7. The molecule has 0 aliphatic heterocycles. The van der Waals surface area contributed by atoms with Crippen LogP contribution >= 0.6 is 0 Å². The summed E-state index contributed by atoms with van der Waals surface area (Å²) in [7, 11) is -2.43. The zero-order chi connectivity index (χ0) is 23.6. The zero-order valence-corrected chi connectivity index (χ0v) is 19.9. The van der Waals surface area contributed by atoms with Crippen LogP contribution in [0.25, 0.3) is 10.9 Å². The first kappa shape index (κ1) is 23.5. The van der Waals surface area contributed by atoms with Crippen LogP contribution in [0.4, 0.5) is 5.69 Å². The molecule has 0 atom stereocenters. The lowest BCUT2D eigenvalue weighted by molar-refractivity contribution is 0.0771. The van der Waals surface area contributed by atoms with Gasteiger partial charge in [0, 0.05) is 37.2 Å². The van der Waals surface area contributed by atoms with Crippen molar-refractivity contribution in [1.82, 2.24) is 9.88 Å². The third-order valence-electron chi connectivity index (χ3n) is 5.72. The summed E-state index contributed by atoms with van der Waals surface area (Å²) in [6.45, 7) is 8.77. The van der Waals surface area contributed by atoms with Gasteiger partial charge in [0.2, 0.25) is 5.43 Å². The summed E-state index contributed by atoms with van der Waals surface area (Å²) in [4.78, 5) is 30.2. The Morgan fingerprint density at radius 3 is 2.22 bits per heavy atom. The Labute approximate surface area is 188 Å². The van der Waals surface area contributed by atoms with Gasteiger partial charge in [0.15, 0.2) is 0 Å². The molecule has 0 aliphatic rings. The van der Waals surface area contributed by atoms with E-state index < -0.39 is 15.5 Å². The summed E-state index contributed by atoms with van der Waals surface area (Å²) in [6, 6.07) is 11.7. The average Bonchev–Trinajstić information content (AvgIpc) is 2.79. The Balaban J connectivity index is 2.05. The van der Waals surface area contributed by atoms with Gasteiger partial charge in [-0.2, -0.15) is 0 Å². The highest BCUT2D eigenvalue weighted by molar-refractivity contribution is 7.92. The Bertz CT molecular complexity index is 1290. The molecule has 1 amide bonds. The number of anilines is 1. The van der Waals surface area contributed by atoms with Gasteiger partial charge in [-0.1, -0.05) is 26.0 Å². The molecule has 2 aromatic carbocycles. The summed E-state index contributed by atoms with van der Waals surface area (Å²) in [6.07, 6.45) is 1.39. The number of benzene rings is 2. The highest BCUT2D eigenvalue weighted by Gasteiger charge is 2.24. The lowest BCUT2D eigenvalue weighted by atomic mass is 10.0. The summed E-state index contributed by atoms with van der Waals surface area (Å²) in [5.74, 6) is -0.0415. The van der Waals surface area contributed by atoms with Crippen LogP contribution in [0.3, 0.4) is 0 Å². The van der Waals surface area contributed by atoms with E-state index in [0.717, 1.165) is 5.56 Å². The predicted molar refractivity (Wildman–Crippen MR) is 128 cm³/mol. The van der Waals surface area contributed by atoms with Gasteiger partial charge in [-0.05, 0) is 55.7 Å². The Hall–Kier alpha value is -3.13. The Morgan fingerprint density at radius 2 is 1.66 bits per heavy atom. The molecular weight excluding hydrogens is 426 g/mol. The number of pyridine rings is 1. The number of hydrogen-bond acceptors (Lipinski definition) is 4. The second-order valence-electron chi connectivity index (χ2n) is 7.94. The number of nitrogens with zero attached hydrogens (tertiary/aromatic N) is 2. The van der Waals surface area contributed by atoms with Gasteiger partial charge >= 0.3 is 0 Å². The van der Waals surface area contributed by atoms with Crippen LogP contribution in [0.1, 0.15) is 49.5 Å². The second kappa shape index (κ2) is 9.16. The van der Waals surface area contributed by atoms with Gasteiger partial charge in [0.05, 0.1) is 10.6 Å². The molecule has 1 N–H and O–H groups in total. The van der Waals surface area contributed by atoms with Crippen LogP contribution in [0.2, 0.25) is 0 Å². The van der Waals surface area contributed by atoms with Crippen molar-refractivity contribution in [2.45, 2.75) is 38.5 Å². The van der Waals surface area contributed by atoms with E-state index in [0.29, 0.717) is 30.2 Å². The second-order valence-corrected chi connectivity index (χ2v) is 9.90. The number of rotatable bonds is 7. The van der Waals surface area contributed by atoms with E-state index in [4.69, 9.17) is 0 Å². The molecule has 3 rings (SSSR count). The molecular formula is C24H29N3O4S. The summed E-state index contributed by atoms with van der Waals surface area (Å²) >= 11 is 0. The van der Waals surface area contributed by atoms with E-state index in [1.807, 2.05) is 26.0 Å². The van der Waals surface area contributed by atoms with Crippen LogP contribution in [0, 0.1) is 0 Å². The minimum absolute atomic E-state index is 0.00613. The van der Waals surface area contributed by atoms with Crippen molar-refractivity contribution >= 4 is 32.5 Å². The first-order valence-corrected chi connectivity index (χ1v) is 12.1. The van der Waals surface area contributed by atoms with E-state index in [-0.39, 0.29) is 21.8 Å². The third-order valence-corrected chi connectivity index (χ3v) is 7.50. The van der Waals surface area contributed by atoms with Crippen molar-refractivity contribution in [3.8, 4) is 0 Å². The predicted octanol–water partition coefficient (Wildman–Crippen LogP) is 3.96. The molecule has 0 saturated carbocycles. The molecule has 7 nitrogen and oxygen atoms in total. The number of aromatic nitrogens is 1. The molecule has 0 unspecified atom stereocenters. The highest BCUT2D eigenvalue weighted by Crippen LogP contribution is 2.25. The van der Waals surface area contributed by atoms with Gasteiger partial charge in [0.25, 0.3) is 15.9 Å². The first-order valence-electron chi connectivity index (χ1n) is 10.6. The maximum atomic E-state index is 13.3. The monoisotopic (exact) mass is 455 g/mol. The molecule has 3 aromatic rings. The van der Waals surface area contributed by atoms with E-state index in [1.54, 1.807) is 23.1 Å². The van der Waals surface area contributed by atoms with Gasteiger partial charge in [-0.25, -0.2) is 8.42 Å². The topological polar surface area (TPSA) is 90.6 Å². The van der Waals surface area contributed by atoms with Crippen molar-refractivity contribution in [2.24, 2.45) is 0 Å². The Kier molecular flexibility index (Phi) is 6.74. The fourth-order valence-electron chi connectivity index (χ4n) is 3.56. The van der Waals surface area contributed by atoms with Gasteiger partial charge < -0.3 is 9.88 Å². The molecule has 1 heterocycles. The van der Waals surface area contributed by atoms with Crippen molar-refractivity contribution in [2.75, 3.05) is 24.4 Å². The van der Waals surface area contributed by atoms with E-state index in [2.05, 4.69) is 18.8 Å². The molecule has 0 aliphatic carbocycles. The van der Waals surface area contributed by atoms with Crippen LogP contribution in [0.5, 0.6) is 0 Å².